The minimum Gasteiger partial charge on any atom is -0.481 e. The molecule has 0 aliphatic carbocycles. The number of hydrogen-bond donors (Lipinski definition) is 1. The number of aliphatic carboxylic acids is 1. The van der Waals surface area contributed by atoms with Crippen LogP contribution in [-0.2, 0) is 4.79 Å². The van der Waals surface area contributed by atoms with E-state index < -0.39 is 11.4 Å². The van der Waals surface area contributed by atoms with Gasteiger partial charge in [-0.25, -0.2) is 0 Å². The molecule has 8 heavy (non-hydrogen) atoms. The molecule has 0 spiro atoms. The summed E-state index contributed by atoms with van der Waals surface area (Å²) in [7, 11) is 0. The number of rotatable bonds is 2. The summed E-state index contributed by atoms with van der Waals surface area (Å²) in [4.78, 5) is 10.4. The van der Waals surface area contributed by atoms with Crippen molar-refractivity contribution in [2.45, 2.75) is 13.8 Å². The number of carbonyl (C=O) groups is 1. The molecule has 2 nitrogen and oxygen atoms in total. The highest BCUT2D eigenvalue weighted by molar-refractivity contribution is 5.75. The highest BCUT2D eigenvalue weighted by atomic mass is 16.4. The van der Waals surface area contributed by atoms with Crippen molar-refractivity contribution in [3.8, 4) is 0 Å². The van der Waals surface area contributed by atoms with Crippen LogP contribution in [0.15, 0.2) is 12.6 Å². The summed E-state index contributed by atoms with van der Waals surface area (Å²) in [6.07, 6.45) is 0. The molecule has 0 radical (unpaired) electrons. The molecule has 2 heteroatoms. The first-order valence-electron chi connectivity index (χ1n) is 3.29. The molecule has 0 saturated carbocycles. The standard InChI is InChI=1S/C6H10O2/c1-4-6(2,3)5(7)8/h4H,1H2,2-3H3,(H,7,8)/i1D,4D/b4-1+. The van der Waals surface area contributed by atoms with Gasteiger partial charge in [-0.05, 0) is 13.8 Å². The molecule has 0 saturated heterocycles. The van der Waals surface area contributed by atoms with Crippen molar-refractivity contribution in [1.29, 1.82) is 0 Å². The topological polar surface area (TPSA) is 37.3 Å². The predicted molar refractivity (Wildman–Crippen MR) is 31.6 cm³/mol. The molecule has 0 bridgehead atoms. The summed E-state index contributed by atoms with van der Waals surface area (Å²) in [5.41, 5.74) is -1.23. The highest BCUT2D eigenvalue weighted by Gasteiger charge is 2.21. The second kappa shape index (κ2) is 1.99. The fourth-order valence-electron chi connectivity index (χ4n) is 0.0617. The van der Waals surface area contributed by atoms with Crippen molar-refractivity contribution in [1.82, 2.24) is 0 Å². The maximum Gasteiger partial charge on any atom is 0.312 e. The molecule has 0 atom stereocenters. The molecule has 46 valence electrons. The lowest BCUT2D eigenvalue weighted by Crippen LogP contribution is -2.19. The van der Waals surface area contributed by atoms with Gasteiger partial charge in [0, 0.05) is 0 Å². The maximum atomic E-state index is 10.4. The first-order valence-corrected chi connectivity index (χ1v) is 2.22. The number of carboxylic acids is 1. The summed E-state index contributed by atoms with van der Waals surface area (Å²) >= 11 is 0. The fraction of sp³-hybridized carbons (Fsp3) is 0.500. The van der Waals surface area contributed by atoms with Crippen molar-refractivity contribution in [2.24, 2.45) is 5.41 Å². The smallest absolute Gasteiger partial charge is 0.312 e. The van der Waals surface area contributed by atoms with Crippen molar-refractivity contribution in [3.63, 3.8) is 0 Å². The molecule has 0 fully saturated rings. The Kier molecular flexibility index (Phi) is 1.02. The van der Waals surface area contributed by atoms with Crippen LogP contribution >= 0.6 is 0 Å². The maximum absolute atomic E-state index is 10.4. The van der Waals surface area contributed by atoms with E-state index in [-0.39, 0.29) is 6.05 Å². The van der Waals surface area contributed by atoms with E-state index in [0.29, 0.717) is 0 Å². The molecule has 0 aromatic carbocycles. The second-order valence-corrected chi connectivity index (χ2v) is 2.07. The van der Waals surface area contributed by atoms with E-state index in [9.17, 15) is 4.79 Å². The summed E-state index contributed by atoms with van der Waals surface area (Å²) in [6.45, 7) is 3.53. The Labute approximate surface area is 51.6 Å². The van der Waals surface area contributed by atoms with Crippen molar-refractivity contribution < 1.29 is 12.6 Å². The summed E-state index contributed by atoms with van der Waals surface area (Å²) in [5, 5.41) is 8.50. The largest absolute Gasteiger partial charge is 0.481 e. The van der Waals surface area contributed by atoms with E-state index in [1.165, 1.54) is 13.8 Å². The summed E-state index contributed by atoms with van der Waals surface area (Å²) in [5.74, 6) is -1.08. The molecule has 0 amide bonds. The molecule has 0 aromatic rings. The first-order chi connectivity index (χ1) is 4.42. The van der Waals surface area contributed by atoms with Crippen LogP contribution in [0.25, 0.3) is 0 Å². The van der Waals surface area contributed by atoms with Crippen molar-refractivity contribution in [2.75, 3.05) is 0 Å². The Bertz CT molecular complexity index is 173. The number of carboxylic acid groups (broad SMARTS) is 1. The van der Waals surface area contributed by atoms with Gasteiger partial charge in [-0.15, -0.1) is 6.55 Å². The Morgan fingerprint density at radius 3 is 2.75 bits per heavy atom. The van der Waals surface area contributed by atoms with E-state index >= 15 is 0 Å². The Hall–Kier alpha value is -0.790. The third-order valence-electron chi connectivity index (χ3n) is 0.896. The molecule has 0 aromatic heterocycles. The summed E-state index contributed by atoms with van der Waals surface area (Å²) in [6, 6.07) is -0.194. The van der Waals surface area contributed by atoms with E-state index in [4.69, 9.17) is 7.85 Å². The highest BCUT2D eigenvalue weighted by Crippen LogP contribution is 2.14. The molecule has 0 aliphatic rings. The summed E-state index contributed by atoms with van der Waals surface area (Å²) < 4.78 is 13.7. The van der Waals surface area contributed by atoms with Gasteiger partial charge in [0.2, 0.25) is 0 Å². The molecule has 0 aliphatic heterocycles. The van der Waals surface area contributed by atoms with Crippen molar-refractivity contribution >= 4 is 5.97 Å². The van der Waals surface area contributed by atoms with Gasteiger partial charge in [-0.2, -0.15) is 0 Å². The second-order valence-electron chi connectivity index (χ2n) is 2.07. The molecule has 0 heterocycles. The van der Waals surface area contributed by atoms with E-state index in [1.807, 2.05) is 0 Å². The average Bonchev–Trinajstić information content (AvgIpc) is 1.86. The van der Waals surface area contributed by atoms with Gasteiger partial charge < -0.3 is 5.11 Å². The van der Waals surface area contributed by atoms with E-state index in [2.05, 4.69) is 0 Å². The molecule has 1 N–H and O–H groups in total. The lowest BCUT2D eigenvalue weighted by molar-refractivity contribution is -0.144. The third-order valence-corrected chi connectivity index (χ3v) is 0.896. The van der Waals surface area contributed by atoms with Gasteiger partial charge in [0.15, 0.2) is 0 Å². The van der Waals surface area contributed by atoms with Crippen LogP contribution < -0.4 is 0 Å². The van der Waals surface area contributed by atoms with Crippen LogP contribution in [0, 0.1) is 5.41 Å². The Morgan fingerprint density at radius 2 is 2.62 bits per heavy atom. The SMILES string of the molecule is [2H]/C=C(\[2H])C(C)(C)C(=O)O. The Morgan fingerprint density at radius 1 is 2.12 bits per heavy atom. The molecular formula is C6H10O2. The molecule has 0 unspecified atom stereocenters. The van der Waals surface area contributed by atoms with Crippen LogP contribution in [0.1, 0.15) is 16.6 Å². The monoisotopic (exact) mass is 116 g/mol. The number of hydrogen-bond acceptors (Lipinski definition) is 1. The van der Waals surface area contributed by atoms with Crippen LogP contribution in [0.3, 0.4) is 0 Å². The average molecular weight is 116 g/mol. The van der Waals surface area contributed by atoms with Gasteiger partial charge in [0.25, 0.3) is 0 Å². The minimum absolute atomic E-state index is 0.194. The van der Waals surface area contributed by atoms with Crippen LogP contribution in [0.4, 0.5) is 0 Å². The lowest BCUT2D eigenvalue weighted by Gasteiger charge is -2.10. The van der Waals surface area contributed by atoms with E-state index in [0.717, 1.165) is 6.55 Å². The van der Waals surface area contributed by atoms with Crippen LogP contribution in [0.5, 0.6) is 0 Å². The van der Waals surface area contributed by atoms with Gasteiger partial charge in [0.1, 0.15) is 0 Å². The zero-order valence-electron chi connectivity index (χ0n) is 6.93. The van der Waals surface area contributed by atoms with Crippen LogP contribution in [0.2, 0.25) is 0 Å². The van der Waals surface area contributed by atoms with Crippen molar-refractivity contribution in [3.05, 3.63) is 12.6 Å². The lowest BCUT2D eigenvalue weighted by atomic mass is 9.95. The fourth-order valence-corrected chi connectivity index (χ4v) is 0.0617. The predicted octanol–water partition coefficient (Wildman–Crippen LogP) is 1.28. The zero-order valence-corrected chi connectivity index (χ0v) is 4.93. The van der Waals surface area contributed by atoms with Crippen LogP contribution in [-0.4, -0.2) is 11.1 Å². The quantitative estimate of drug-likeness (QED) is 0.552. The molecular weight excluding hydrogens is 104 g/mol. The van der Waals surface area contributed by atoms with Gasteiger partial charge in [-0.3, -0.25) is 4.79 Å². The first kappa shape index (κ1) is 4.13. The Balaban J connectivity index is 4.56. The van der Waals surface area contributed by atoms with Gasteiger partial charge >= 0.3 is 5.97 Å². The van der Waals surface area contributed by atoms with Gasteiger partial charge in [0.05, 0.1) is 8.16 Å². The van der Waals surface area contributed by atoms with E-state index in [1.54, 1.807) is 0 Å². The zero-order chi connectivity index (χ0) is 8.36. The minimum atomic E-state index is -1.23. The van der Waals surface area contributed by atoms with Gasteiger partial charge in [-0.1, -0.05) is 6.05 Å². The molecule has 0 rings (SSSR count). The normalized spacial score (nSPS) is 17.0. The third kappa shape index (κ3) is 1.37.